The summed E-state index contributed by atoms with van der Waals surface area (Å²) >= 11 is 6.18. The maximum absolute atomic E-state index is 12.4. The Bertz CT molecular complexity index is 879. The minimum Gasteiger partial charge on any atom is -0.465 e. The van der Waals surface area contributed by atoms with Gasteiger partial charge in [-0.15, -0.1) is 0 Å². The van der Waals surface area contributed by atoms with Crippen LogP contribution in [0.25, 0.3) is 0 Å². The van der Waals surface area contributed by atoms with E-state index in [0.717, 1.165) is 0 Å². The minimum absolute atomic E-state index is 0.0292. The van der Waals surface area contributed by atoms with E-state index < -0.39 is 11.9 Å². The molecule has 8 nitrogen and oxygen atoms in total. The number of hydrogen-bond donors (Lipinski definition) is 1. The molecule has 1 unspecified atom stereocenters. The Morgan fingerprint density at radius 1 is 1.38 bits per heavy atom. The lowest BCUT2D eigenvalue weighted by Gasteiger charge is -2.18. The predicted molar refractivity (Wildman–Crippen MR) is 93.1 cm³/mol. The minimum atomic E-state index is -0.572. The average molecular weight is 378 g/mol. The van der Waals surface area contributed by atoms with Crippen molar-refractivity contribution in [2.75, 3.05) is 23.9 Å². The van der Waals surface area contributed by atoms with Crippen molar-refractivity contribution < 1.29 is 23.6 Å². The van der Waals surface area contributed by atoms with Gasteiger partial charge in [0.25, 0.3) is 0 Å². The quantitative estimate of drug-likeness (QED) is 0.821. The lowest BCUT2D eigenvalue weighted by Crippen LogP contribution is -2.28. The van der Waals surface area contributed by atoms with E-state index in [1.807, 2.05) is 0 Å². The van der Waals surface area contributed by atoms with Crippen LogP contribution in [-0.4, -0.2) is 36.6 Å². The van der Waals surface area contributed by atoms with Gasteiger partial charge in [0.05, 0.1) is 29.3 Å². The first-order valence-corrected chi connectivity index (χ1v) is 8.19. The first kappa shape index (κ1) is 17.9. The number of halogens is 1. The van der Waals surface area contributed by atoms with Gasteiger partial charge in [0, 0.05) is 19.0 Å². The molecule has 0 radical (unpaired) electrons. The molecule has 1 aromatic heterocycles. The molecule has 0 aliphatic carbocycles. The number of amides is 2. The van der Waals surface area contributed by atoms with E-state index in [1.165, 1.54) is 30.2 Å². The second kappa shape index (κ2) is 7.17. The molecule has 1 aromatic carbocycles. The van der Waals surface area contributed by atoms with E-state index in [4.69, 9.17) is 16.1 Å². The Morgan fingerprint density at radius 3 is 2.81 bits per heavy atom. The highest BCUT2D eigenvalue weighted by Crippen LogP contribution is 2.32. The first-order chi connectivity index (χ1) is 12.4. The number of benzene rings is 1. The van der Waals surface area contributed by atoms with Crippen LogP contribution in [-0.2, 0) is 14.3 Å². The molecule has 136 valence electrons. The van der Waals surface area contributed by atoms with Crippen LogP contribution in [0.5, 0.6) is 0 Å². The van der Waals surface area contributed by atoms with Gasteiger partial charge in [-0.1, -0.05) is 16.8 Å². The van der Waals surface area contributed by atoms with E-state index in [9.17, 15) is 14.4 Å². The van der Waals surface area contributed by atoms with Crippen molar-refractivity contribution in [2.24, 2.45) is 5.92 Å². The number of nitrogens with zero attached hydrogens (tertiary/aromatic N) is 2. The smallest absolute Gasteiger partial charge is 0.337 e. The fraction of sp³-hybridized carbons (Fsp3) is 0.294. The van der Waals surface area contributed by atoms with Gasteiger partial charge >= 0.3 is 5.97 Å². The van der Waals surface area contributed by atoms with Gasteiger partial charge in [0.1, 0.15) is 5.76 Å². The topological polar surface area (TPSA) is 102 Å². The zero-order valence-electron chi connectivity index (χ0n) is 14.1. The number of hydrogen-bond acceptors (Lipinski definition) is 6. The molecule has 0 bridgehead atoms. The normalized spacial score (nSPS) is 16.7. The molecular formula is C17H16ClN3O5. The number of methoxy groups -OCH3 is 1. The van der Waals surface area contributed by atoms with Gasteiger partial charge in [-0.2, -0.15) is 0 Å². The number of carbonyl (C=O) groups is 3. The number of esters is 1. The van der Waals surface area contributed by atoms with E-state index in [0.29, 0.717) is 22.3 Å². The summed E-state index contributed by atoms with van der Waals surface area (Å²) in [6.07, 6.45) is 0.0292. The highest BCUT2D eigenvalue weighted by Gasteiger charge is 2.36. The summed E-state index contributed by atoms with van der Waals surface area (Å²) in [4.78, 5) is 37.9. The Hall–Kier alpha value is -2.87. The molecule has 1 aliphatic heterocycles. The molecule has 3 rings (SSSR count). The highest BCUT2D eigenvalue weighted by molar-refractivity contribution is 6.34. The van der Waals surface area contributed by atoms with E-state index in [1.54, 1.807) is 13.0 Å². The van der Waals surface area contributed by atoms with Crippen molar-refractivity contribution in [3.05, 3.63) is 40.6 Å². The third kappa shape index (κ3) is 3.55. The molecule has 1 N–H and O–H groups in total. The number of carbonyl (C=O) groups excluding carboxylic acids is 3. The Balaban J connectivity index is 1.77. The summed E-state index contributed by atoms with van der Waals surface area (Å²) in [5, 5.41) is 6.63. The van der Waals surface area contributed by atoms with Crippen molar-refractivity contribution in [3.8, 4) is 0 Å². The van der Waals surface area contributed by atoms with Crippen molar-refractivity contribution in [1.82, 2.24) is 5.16 Å². The molecule has 26 heavy (non-hydrogen) atoms. The van der Waals surface area contributed by atoms with Gasteiger partial charge < -0.3 is 19.5 Å². The van der Waals surface area contributed by atoms with Crippen LogP contribution in [0.4, 0.5) is 11.5 Å². The molecule has 1 atom stereocenters. The lowest BCUT2D eigenvalue weighted by molar-refractivity contribution is -0.122. The number of ether oxygens (including phenoxy) is 1. The molecule has 1 fully saturated rings. The Kier molecular flexibility index (Phi) is 4.94. The van der Waals surface area contributed by atoms with Crippen molar-refractivity contribution >= 4 is 40.9 Å². The van der Waals surface area contributed by atoms with E-state index >= 15 is 0 Å². The summed E-state index contributed by atoms with van der Waals surface area (Å²) < 4.78 is 9.58. The molecule has 2 amide bonds. The van der Waals surface area contributed by atoms with Crippen molar-refractivity contribution in [3.63, 3.8) is 0 Å². The van der Waals surface area contributed by atoms with Gasteiger partial charge in [0.15, 0.2) is 5.82 Å². The molecule has 1 aliphatic rings. The van der Waals surface area contributed by atoms with Crippen LogP contribution in [0.1, 0.15) is 22.5 Å². The monoisotopic (exact) mass is 377 g/mol. The zero-order valence-corrected chi connectivity index (χ0v) is 14.9. The molecule has 9 heteroatoms. The molecular weight excluding hydrogens is 362 g/mol. The van der Waals surface area contributed by atoms with Crippen LogP contribution in [0.15, 0.2) is 28.8 Å². The SMILES string of the molecule is COC(=O)c1ccc(Cl)c(N2CC(C(=O)Nc3cc(C)on3)CC2=O)c1. The van der Waals surface area contributed by atoms with Crippen LogP contribution in [0.2, 0.25) is 5.02 Å². The number of anilines is 2. The highest BCUT2D eigenvalue weighted by atomic mass is 35.5. The summed E-state index contributed by atoms with van der Waals surface area (Å²) in [5.74, 6) is -0.845. The number of aryl methyl sites for hydroxylation is 1. The van der Waals surface area contributed by atoms with Crippen LogP contribution >= 0.6 is 11.6 Å². The van der Waals surface area contributed by atoms with Crippen LogP contribution in [0.3, 0.4) is 0 Å². The second-order valence-corrected chi connectivity index (χ2v) is 6.28. The first-order valence-electron chi connectivity index (χ1n) is 7.81. The van der Waals surface area contributed by atoms with Crippen molar-refractivity contribution in [2.45, 2.75) is 13.3 Å². The van der Waals surface area contributed by atoms with E-state index in [-0.39, 0.29) is 30.3 Å². The summed E-state index contributed by atoms with van der Waals surface area (Å²) in [5.41, 5.74) is 0.637. The van der Waals surface area contributed by atoms with Gasteiger partial charge in [-0.25, -0.2) is 4.79 Å². The number of rotatable bonds is 4. The number of aromatic nitrogens is 1. The Labute approximate surface area is 154 Å². The van der Waals surface area contributed by atoms with Crippen molar-refractivity contribution in [1.29, 1.82) is 0 Å². The van der Waals surface area contributed by atoms with Gasteiger partial charge in [0.2, 0.25) is 11.8 Å². The third-order valence-corrected chi connectivity index (χ3v) is 4.35. The van der Waals surface area contributed by atoms with Crippen LogP contribution in [0, 0.1) is 12.8 Å². The molecule has 2 heterocycles. The molecule has 0 saturated carbocycles. The van der Waals surface area contributed by atoms with Gasteiger partial charge in [-0.05, 0) is 25.1 Å². The largest absolute Gasteiger partial charge is 0.465 e. The number of nitrogens with one attached hydrogen (secondary N) is 1. The lowest BCUT2D eigenvalue weighted by atomic mass is 10.1. The average Bonchev–Trinajstić information content (AvgIpc) is 3.20. The summed E-state index contributed by atoms with van der Waals surface area (Å²) in [6, 6.07) is 6.09. The molecule has 0 spiro atoms. The van der Waals surface area contributed by atoms with E-state index in [2.05, 4.69) is 15.2 Å². The van der Waals surface area contributed by atoms with Gasteiger partial charge in [-0.3, -0.25) is 9.59 Å². The summed E-state index contributed by atoms with van der Waals surface area (Å²) in [7, 11) is 1.27. The maximum atomic E-state index is 12.4. The zero-order chi connectivity index (χ0) is 18.8. The fourth-order valence-corrected chi connectivity index (χ4v) is 2.95. The molecule has 2 aromatic rings. The third-order valence-electron chi connectivity index (χ3n) is 4.03. The summed E-state index contributed by atoms with van der Waals surface area (Å²) in [6.45, 7) is 1.85. The Morgan fingerprint density at radius 2 is 2.15 bits per heavy atom. The molecule has 1 saturated heterocycles. The maximum Gasteiger partial charge on any atom is 0.337 e. The van der Waals surface area contributed by atoms with Crippen LogP contribution < -0.4 is 10.2 Å². The fourth-order valence-electron chi connectivity index (χ4n) is 2.73. The predicted octanol–water partition coefficient (Wildman–Crippen LogP) is 2.41. The standard InChI is InChI=1S/C17H16ClN3O5/c1-9-5-14(20-26-9)19-16(23)11-7-15(22)21(8-11)13-6-10(17(24)25-2)3-4-12(13)18/h3-6,11H,7-8H2,1-2H3,(H,19,20,23). The second-order valence-electron chi connectivity index (χ2n) is 5.88.